The van der Waals surface area contributed by atoms with E-state index in [2.05, 4.69) is 0 Å². The number of likely N-dealkylation sites (N-methyl/N-ethyl adjacent to an activating group) is 1. The van der Waals surface area contributed by atoms with E-state index in [0.29, 0.717) is 26.9 Å². The third kappa shape index (κ3) is 2.63. The molecule has 118 valence electrons. The van der Waals surface area contributed by atoms with Crippen molar-refractivity contribution in [3.8, 4) is 0 Å². The Kier molecular flexibility index (Phi) is 3.92. The van der Waals surface area contributed by atoms with Crippen LogP contribution in [-0.4, -0.2) is 23.8 Å². The van der Waals surface area contributed by atoms with Crippen LogP contribution in [0.3, 0.4) is 0 Å². The molecule has 1 heterocycles. The van der Waals surface area contributed by atoms with Gasteiger partial charge in [-0.25, -0.2) is 0 Å². The number of hydrogen-bond donors (Lipinski definition) is 1. The van der Waals surface area contributed by atoms with E-state index in [9.17, 15) is 14.7 Å². The summed E-state index contributed by atoms with van der Waals surface area (Å²) in [6.45, 7) is 0. The zero-order valence-electron chi connectivity index (χ0n) is 12.2. The molecule has 3 rings (SSSR count). The molecule has 0 aliphatic carbocycles. The standard InChI is InChI=1S/C17H13Cl2NO3/c1-20-14-7-6-12(19)8-13(14)17(23,16(20)22)9-15(21)10-2-4-11(18)5-3-10/h2-8,23H,9H2,1H3/t17-/m1/s1. The summed E-state index contributed by atoms with van der Waals surface area (Å²) < 4.78 is 0. The molecule has 0 bridgehead atoms. The lowest BCUT2D eigenvalue weighted by atomic mass is 9.88. The summed E-state index contributed by atoms with van der Waals surface area (Å²) >= 11 is 11.8. The Morgan fingerprint density at radius 2 is 1.74 bits per heavy atom. The fourth-order valence-electron chi connectivity index (χ4n) is 2.78. The first-order valence-electron chi connectivity index (χ1n) is 6.92. The first-order valence-corrected chi connectivity index (χ1v) is 7.68. The number of anilines is 1. The second kappa shape index (κ2) is 5.64. The molecule has 1 N–H and O–H groups in total. The van der Waals surface area contributed by atoms with Crippen molar-refractivity contribution >= 4 is 40.6 Å². The SMILES string of the molecule is CN1C(=O)[C@@](O)(CC(=O)c2ccc(Cl)cc2)c2cc(Cl)ccc21. The van der Waals surface area contributed by atoms with Crippen molar-refractivity contribution in [2.45, 2.75) is 12.0 Å². The van der Waals surface area contributed by atoms with Gasteiger partial charge in [0, 0.05) is 28.2 Å². The molecule has 0 spiro atoms. The Labute approximate surface area is 143 Å². The molecule has 1 aliphatic heterocycles. The molecule has 4 nitrogen and oxygen atoms in total. The molecule has 2 aromatic rings. The molecular weight excluding hydrogens is 337 g/mol. The number of amides is 1. The Morgan fingerprint density at radius 1 is 1.13 bits per heavy atom. The third-order valence-electron chi connectivity index (χ3n) is 4.01. The van der Waals surface area contributed by atoms with Crippen molar-refractivity contribution in [2.75, 3.05) is 11.9 Å². The van der Waals surface area contributed by atoms with E-state index in [4.69, 9.17) is 23.2 Å². The monoisotopic (exact) mass is 349 g/mol. The first-order chi connectivity index (χ1) is 10.8. The van der Waals surface area contributed by atoms with Gasteiger partial charge in [-0.05, 0) is 42.5 Å². The van der Waals surface area contributed by atoms with Gasteiger partial charge >= 0.3 is 0 Å². The number of halogens is 2. The minimum absolute atomic E-state index is 0.347. The van der Waals surface area contributed by atoms with Crippen LogP contribution in [0.5, 0.6) is 0 Å². The van der Waals surface area contributed by atoms with Gasteiger partial charge in [0.25, 0.3) is 5.91 Å². The second-order valence-corrected chi connectivity index (χ2v) is 6.37. The summed E-state index contributed by atoms with van der Waals surface area (Å²) in [6.07, 6.45) is -0.356. The maximum Gasteiger partial charge on any atom is 0.263 e. The average Bonchev–Trinajstić information content (AvgIpc) is 2.70. The van der Waals surface area contributed by atoms with Gasteiger partial charge < -0.3 is 10.0 Å². The Bertz CT molecular complexity index is 804. The van der Waals surface area contributed by atoms with Gasteiger partial charge in [-0.1, -0.05) is 23.2 Å². The summed E-state index contributed by atoms with van der Waals surface area (Å²) in [5, 5.41) is 11.8. The molecule has 0 saturated heterocycles. The van der Waals surface area contributed by atoms with Gasteiger partial charge in [0.05, 0.1) is 12.1 Å². The Hall–Kier alpha value is -1.88. The average molecular weight is 350 g/mol. The molecule has 0 saturated carbocycles. The lowest BCUT2D eigenvalue weighted by Gasteiger charge is -2.21. The van der Waals surface area contributed by atoms with E-state index in [-0.39, 0.29) is 12.2 Å². The van der Waals surface area contributed by atoms with Crippen molar-refractivity contribution < 1.29 is 14.7 Å². The van der Waals surface area contributed by atoms with Gasteiger partial charge in [-0.15, -0.1) is 0 Å². The zero-order chi connectivity index (χ0) is 16.8. The van der Waals surface area contributed by atoms with Crippen molar-refractivity contribution in [3.63, 3.8) is 0 Å². The normalized spacial score (nSPS) is 19.8. The predicted octanol–water partition coefficient (Wildman–Crippen LogP) is 3.43. The van der Waals surface area contributed by atoms with Gasteiger partial charge in [-0.2, -0.15) is 0 Å². The summed E-state index contributed by atoms with van der Waals surface area (Å²) in [5.74, 6) is -0.893. The largest absolute Gasteiger partial charge is 0.375 e. The third-order valence-corrected chi connectivity index (χ3v) is 4.49. The number of benzene rings is 2. The summed E-state index contributed by atoms with van der Waals surface area (Å²) in [7, 11) is 1.56. The van der Waals surface area contributed by atoms with E-state index >= 15 is 0 Å². The molecule has 1 atom stereocenters. The van der Waals surface area contributed by atoms with Crippen LogP contribution in [0.1, 0.15) is 22.3 Å². The first kappa shape index (κ1) is 16.0. The van der Waals surface area contributed by atoms with Crippen molar-refractivity contribution in [2.24, 2.45) is 0 Å². The summed E-state index contributed by atoms with van der Waals surface area (Å²) in [4.78, 5) is 26.3. The van der Waals surface area contributed by atoms with E-state index in [1.165, 1.54) is 11.0 Å². The maximum absolute atomic E-state index is 12.5. The molecule has 23 heavy (non-hydrogen) atoms. The molecule has 6 heteroatoms. The zero-order valence-corrected chi connectivity index (χ0v) is 13.7. The van der Waals surface area contributed by atoms with E-state index in [1.807, 2.05) is 0 Å². The van der Waals surface area contributed by atoms with Crippen molar-refractivity contribution in [3.05, 3.63) is 63.6 Å². The van der Waals surface area contributed by atoms with Crippen LogP contribution in [0.4, 0.5) is 5.69 Å². The van der Waals surface area contributed by atoms with Crippen LogP contribution in [-0.2, 0) is 10.4 Å². The molecule has 1 aliphatic rings. The fourth-order valence-corrected chi connectivity index (χ4v) is 3.07. The van der Waals surface area contributed by atoms with E-state index < -0.39 is 11.5 Å². The summed E-state index contributed by atoms with van der Waals surface area (Å²) in [6, 6.07) is 11.1. The van der Waals surface area contributed by atoms with E-state index in [0.717, 1.165) is 0 Å². The number of aliphatic hydroxyl groups is 1. The molecule has 2 aromatic carbocycles. The molecule has 0 aromatic heterocycles. The number of carbonyl (C=O) groups is 2. The quantitative estimate of drug-likeness (QED) is 0.863. The number of ketones is 1. The highest BCUT2D eigenvalue weighted by atomic mass is 35.5. The predicted molar refractivity (Wildman–Crippen MR) is 89.2 cm³/mol. The minimum atomic E-state index is -1.91. The molecule has 0 radical (unpaired) electrons. The number of fused-ring (bicyclic) bond motifs is 1. The van der Waals surface area contributed by atoms with Crippen LogP contribution in [0.15, 0.2) is 42.5 Å². The number of rotatable bonds is 3. The van der Waals surface area contributed by atoms with Gasteiger partial charge in [0.2, 0.25) is 0 Å². The topological polar surface area (TPSA) is 57.6 Å². The van der Waals surface area contributed by atoms with Crippen molar-refractivity contribution in [1.82, 2.24) is 0 Å². The van der Waals surface area contributed by atoms with E-state index in [1.54, 1.807) is 43.4 Å². The lowest BCUT2D eigenvalue weighted by Crippen LogP contribution is -2.40. The van der Waals surface area contributed by atoms with Crippen LogP contribution in [0.2, 0.25) is 10.0 Å². The van der Waals surface area contributed by atoms with Gasteiger partial charge in [-0.3, -0.25) is 9.59 Å². The van der Waals surface area contributed by atoms with Gasteiger partial charge in [0.1, 0.15) is 0 Å². The Balaban J connectivity index is 1.98. The highest BCUT2D eigenvalue weighted by Crippen LogP contribution is 2.43. The number of carbonyl (C=O) groups excluding carboxylic acids is 2. The van der Waals surface area contributed by atoms with Crippen molar-refractivity contribution in [1.29, 1.82) is 0 Å². The number of nitrogens with zero attached hydrogens (tertiary/aromatic N) is 1. The highest BCUT2D eigenvalue weighted by molar-refractivity contribution is 6.31. The highest BCUT2D eigenvalue weighted by Gasteiger charge is 2.49. The van der Waals surface area contributed by atoms with Gasteiger partial charge in [0.15, 0.2) is 11.4 Å². The minimum Gasteiger partial charge on any atom is -0.375 e. The summed E-state index contributed by atoms with van der Waals surface area (Å²) in [5.41, 5.74) is -0.634. The van der Waals surface area contributed by atoms with Crippen LogP contribution < -0.4 is 4.90 Å². The van der Waals surface area contributed by atoms with Crippen LogP contribution in [0, 0.1) is 0 Å². The molecule has 0 fully saturated rings. The fraction of sp³-hybridized carbons (Fsp3) is 0.176. The number of Topliss-reactive ketones (excluding diaryl/α,β-unsaturated/α-hetero) is 1. The molecular formula is C17H13Cl2NO3. The number of hydrogen-bond acceptors (Lipinski definition) is 3. The lowest BCUT2D eigenvalue weighted by molar-refractivity contribution is -0.135. The second-order valence-electron chi connectivity index (χ2n) is 5.49. The molecule has 1 amide bonds. The Morgan fingerprint density at radius 3 is 2.39 bits per heavy atom. The molecule has 0 unspecified atom stereocenters. The van der Waals surface area contributed by atoms with Crippen LogP contribution in [0.25, 0.3) is 0 Å². The van der Waals surface area contributed by atoms with Crippen LogP contribution >= 0.6 is 23.2 Å². The maximum atomic E-state index is 12.5. The smallest absolute Gasteiger partial charge is 0.263 e.